The average Bonchev–Trinajstić information content (AvgIpc) is 2.74. The number of carbonyl (C=O) groups excluding carboxylic acids is 1. The molecule has 30 heavy (non-hydrogen) atoms. The molecule has 0 spiro atoms. The Hall–Kier alpha value is -3.06. The minimum atomic E-state index is -4.42. The summed E-state index contributed by atoms with van der Waals surface area (Å²) in [6, 6.07) is 14.9. The number of anilines is 1. The third-order valence-electron chi connectivity index (χ3n) is 5.08. The van der Waals surface area contributed by atoms with Gasteiger partial charge in [0.25, 0.3) is 0 Å². The topological polar surface area (TPSA) is 45.2 Å². The van der Waals surface area contributed by atoms with E-state index < -0.39 is 17.8 Å². The lowest BCUT2D eigenvalue weighted by molar-refractivity contribution is -0.137. The highest BCUT2D eigenvalue weighted by molar-refractivity contribution is 6.29. The van der Waals surface area contributed by atoms with Crippen molar-refractivity contribution in [2.75, 3.05) is 11.9 Å². The molecule has 1 N–H and O–H groups in total. The van der Waals surface area contributed by atoms with Crippen molar-refractivity contribution in [1.82, 2.24) is 9.88 Å². The molecular weight excluding hydrogens is 415 g/mol. The Balaban J connectivity index is 1.68. The molecule has 4 rings (SSSR count). The molecule has 8 heteroatoms. The van der Waals surface area contributed by atoms with Gasteiger partial charge in [-0.1, -0.05) is 48.0 Å². The molecule has 2 heterocycles. The smallest absolute Gasteiger partial charge is 0.313 e. The van der Waals surface area contributed by atoms with Gasteiger partial charge >= 0.3 is 12.2 Å². The highest BCUT2D eigenvalue weighted by atomic mass is 35.5. The predicted octanol–water partition coefficient (Wildman–Crippen LogP) is 5.93. The summed E-state index contributed by atoms with van der Waals surface area (Å²) in [6.07, 6.45) is -2.31. The van der Waals surface area contributed by atoms with Crippen LogP contribution in [0.4, 0.5) is 23.7 Å². The fraction of sp³-hybridized carbons (Fsp3) is 0.182. The number of amides is 2. The first-order valence-electron chi connectivity index (χ1n) is 9.27. The summed E-state index contributed by atoms with van der Waals surface area (Å²) in [4.78, 5) is 18.6. The Bertz CT molecular complexity index is 1050. The van der Waals surface area contributed by atoms with Gasteiger partial charge in [0.1, 0.15) is 5.15 Å². The van der Waals surface area contributed by atoms with Crippen molar-refractivity contribution in [3.8, 4) is 0 Å². The Kier molecular flexibility index (Phi) is 5.39. The van der Waals surface area contributed by atoms with Crippen molar-refractivity contribution in [1.29, 1.82) is 0 Å². The van der Waals surface area contributed by atoms with Crippen LogP contribution in [0.25, 0.3) is 0 Å². The number of nitrogens with one attached hydrogen (secondary N) is 1. The van der Waals surface area contributed by atoms with Gasteiger partial charge in [0.2, 0.25) is 0 Å². The second-order valence-electron chi connectivity index (χ2n) is 6.96. The average molecular weight is 432 g/mol. The van der Waals surface area contributed by atoms with Crippen LogP contribution in [0.5, 0.6) is 0 Å². The fourth-order valence-corrected chi connectivity index (χ4v) is 3.76. The molecule has 1 aliphatic rings. The van der Waals surface area contributed by atoms with Crippen molar-refractivity contribution >= 4 is 23.3 Å². The molecule has 1 atom stereocenters. The normalized spacial score (nSPS) is 16.1. The van der Waals surface area contributed by atoms with Crippen LogP contribution >= 0.6 is 11.6 Å². The summed E-state index contributed by atoms with van der Waals surface area (Å²) in [5.74, 6) is 0. The molecule has 1 aliphatic heterocycles. The lowest BCUT2D eigenvalue weighted by atomic mass is 9.88. The third kappa shape index (κ3) is 4.11. The third-order valence-corrected chi connectivity index (χ3v) is 5.30. The number of hydrogen-bond donors (Lipinski definition) is 1. The summed E-state index contributed by atoms with van der Waals surface area (Å²) >= 11 is 5.79. The van der Waals surface area contributed by atoms with Crippen LogP contribution < -0.4 is 5.32 Å². The van der Waals surface area contributed by atoms with Gasteiger partial charge in [-0.15, -0.1) is 0 Å². The van der Waals surface area contributed by atoms with Crippen LogP contribution in [0.3, 0.4) is 0 Å². The minimum Gasteiger partial charge on any atom is -0.313 e. The standard InChI is InChI=1S/C22H17ClF3N3O/c23-19-10-9-17(13-27-19)28-21(30)29-12-11-14-3-1-2-4-18(14)20(29)15-5-7-16(8-6-15)22(24,25)26/h1-10,13,20H,11-12H2,(H,28,30)/t20-/m1/s1. The summed E-state index contributed by atoms with van der Waals surface area (Å²) in [5, 5.41) is 3.10. The van der Waals surface area contributed by atoms with E-state index in [4.69, 9.17) is 11.6 Å². The van der Waals surface area contributed by atoms with Gasteiger partial charge in [-0.3, -0.25) is 0 Å². The number of carbonyl (C=O) groups is 1. The molecule has 0 unspecified atom stereocenters. The monoisotopic (exact) mass is 431 g/mol. The maximum Gasteiger partial charge on any atom is 0.416 e. The molecule has 0 saturated heterocycles. The zero-order valence-electron chi connectivity index (χ0n) is 15.7. The zero-order chi connectivity index (χ0) is 21.3. The molecule has 1 aromatic heterocycles. The van der Waals surface area contributed by atoms with E-state index in [1.165, 1.54) is 18.3 Å². The molecule has 0 saturated carbocycles. The quantitative estimate of drug-likeness (QED) is 0.511. The fourth-order valence-electron chi connectivity index (χ4n) is 3.64. The Labute approximate surface area is 176 Å². The van der Waals surface area contributed by atoms with Crippen molar-refractivity contribution in [3.05, 3.63) is 94.3 Å². The van der Waals surface area contributed by atoms with Crippen LogP contribution in [0.2, 0.25) is 5.15 Å². The number of nitrogens with zero attached hydrogens (tertiary/aromatic N) is 2. The van der Waals surface area contributed by atoms with Gasteiger partial charge in [-0.05, 0) is 47.4 Å². The number of pyridine rings is 1. The Morgan fingerprint density at radius 2 is 1.80 bits per heavy atom. The van der Waals surface area contributed by atoms with Crippen molar-refractivity contribution in [2.24, 2.45) is 0 Å². The van der Waals surface area contributed by atoms with Crippen molar-refractivity contribution in [2.45, 2.75) is 18.6 Å². The van der Waals surface area contributed by atoms with E-state index in [2.05, 4.69) is 10.3 Å². The van der Waals surface area contributed by atoms with Gasteiger partial charge in [-0.25, -0.2) is 9.78 Å². The van der Waals surface area contributed by atoms with E-state index >= 15 is 0 Å². The SMILES string of the molecule is O=C(Nc1ccc(Cl)nc1)N1CCc2ccccc2[C@H]1c1ccc(C(F)(F)F)cc1. The number of halogens is 4. The van der Waals surface area contributed by atoms with Gasteiger partial charge in [0.15, 0.2) is 0 Å². The molecule has 2 aromatic carbocycles. The van der Waals surface area contributed by atoms with E-state index in [-0.39, 0.29) is 6.03 Å². The second kappa shape index (κ2) is 7.99. The van der Waals surface area contributed by atoms with E-state index in [9.17, 15) is 18.0 Å². The maximum absolute atomic E-state index is 13.0. The van der Waals surface area contributed by atoms with Crippen LogP contribution in [-0.2, 0) is 12.6 Å². The molecule has 4 nitrogen and oxygen atoms in total. The summed E-state index contributed by atoms with van der Waals surface area (Å²) in [6.45, 7) is 0.426. The largest absolute Gasteiger partial charge is 0.416 e. The highest BCUT2D eigenvalue weighted by Gasteiger charge is 2.34. The van der Waals surface area contributed by atoms with E-state index in [1.54, 1.807) is 17.0 Å². The number of rotatable bonds is 2. The second-order valence-corrected chi connectivity index (χ2v) is 7.35. The lowest BCUT2D eigenvalue weighted by Gasteiger charge is -2.37. The van der Waals surface area contributed by atoms with E-state index in [0.29, 0.717) is 29.4 Å². The first kappa shape index (κ1) is 20.2. The number of urea groups is 1. The van der Waals surface area contributed by atoms with Gasteiger partial charge in [0, 0.05) is 6.54 Å². The van der Waals surface area contributed by atoms with Crippen LogP contribution in [0.1, 0.15) is 28.3 Å². The van der Waals surface area contributed by atoms with Crippen LogP contribution in [-0.4, -0.2) is 22.5 Å². The maximum atomic E-state index is 13.0. The zero-order valence-corrected chi connectivity index (χ0v) is 16.4. The molecule has 0 aliphatic carbocycles. The Morgan fingerprint density at radius 3 is 2.47 bits per heavy atom. The number of fused-ring (bicyclic) bond motifs is 1. The van der Waals surface area contributed by atoms with Gasteiger partial charge < -0.3 is 10.2 Å². The predicted molar refractivity (Wildman–Crippen MR) is 108 cm³/mol. The van der Waals surface area contributed by atoms with E-state index in [1.807, 2.05) is 24.3 Å². The molecule has 2 amide bonds. The molecule has 154 valence electrons. The number of alkyl halides is 3. The number of benzene rings is 2. The van der Waals surface area contributed by atoms with Crippen molar-refractivity contribution < 1.29 is 18.0 Å². The minimum absolute atomic E-state index is 0.308. The lowest BCUT2D eigenvalue weighted by Crippen LogP contribution is -2.43. The van der Waals surface area contributed by atoms with E-state index in [0.717, 1.165) is 23.3 Å². The molecule has 0 bridgehead atoms. The van der Waals surface area contributed by atoms with Crippen molar-refractivity contribution in [3.63, 3.8) is 0 Å². The molecule has 0 fully saturated rings. The van der Waals surface area contributed by atoms with Gasteiger partial charge in [0.05, 0.1) is 23.5 Å². The number of hydrogen-bond acceptors (Lipinski definition) is 2. The van der Waals surface area contributed by atoms with Crippen LogP contribution in [0, 0.1) is 0 Å². The summed E-state index contributed by atoms with van der Waals surface area (Å²) < 4.78 is 39.0. The molecule has 0 radical (unpaired) electrons. The first-order chi connectivity index (χ1) is 14.3. The molecular formula is C22H17ClF3N3O. The first-order valence-corrected chi connectivity index (χ1v) is 9.65. The van der Waals surface area contributed by atoms with Crippen LogP contribution in [0.15, 0.2) is 66.9 Å². The summed E-state index contributed by atoms with van der Waals surface area (Å²) in [7, 11) is 0. The number of aromatic nitrogens is 1. The van der Waals surface area contributed by atoms with Gasteiger partial charge in [-0.2, -0.15) is 13.2 Å². The molecule has 3 aromatic rings. The highest BCUT2D eigenvalue weighted by Crippen LogP contribution is 2.37. The Morgan fingerprint density at radius 1 is 1.07 bits per heavy atom. The summed E-state index contributed by atoms with van der Waals surface area (Å²) in [5.41, 5.74) is 2.33.